The first-order valence-electron chi connectivity index (χ1n) is 4.55. The van der Waals surface area contributed by atoms with Crippen LogP contribution in [0.15, 0.2) is 24.3 Å². The number of para-hydroxylation sites is 1. The van der Waals surface area contributed by atoms with Crippen LogP contribution in [-0.2, 0) is 0 Å². The normalized spacial score (nSPS) is 26.5. The van der Waals surface area contributed by atoms with E-state index in [2.05, 4.69) is 16.3 Å². The van der Waals surface area contributed by atoms with Gasteiger partial charge in [0.25, 0.3) is 0 Å². The molecule has 66 valence electrons. The lowest BCUT2D eigenvalue weighted by molar-refractivity contribution is 0.927. The first-order chi connectivity index (χ1) is 6.36. The Kier molecular flexibility index (Phi) is 1.27. The van der Waals surface area contributed by atoms with Crippen molar-refractivity contribution in [1.82, 2.24) is 10.2 Å². The van der Waals surface area contributed by atoms with Crippen LogP contribution in [0, 0.1) is 0 Å². The SMILES string of the molecule is N[C@@H]1C[C@H]1c1[nH]nc2ccccc12. The maximum atomic E-state index is 5.80. The lowest BCUT2D eigenvalue weighted by atomic mass is 10.1. The number of nitrogens with two attached hydrogens (primary N) is 1. The van der Waals surface area contributed by atoms with Crippen molar-refractivity contribution in [3.8, 4) is 0 Å². The molecular formula is C10H11N3. The number of benzene rings is 1. The molecule has 3 N–H and O–H groups in total. The molecular weight excluding hydrogens is 162 g/mol. The highest BCUT2D eigenvalue weighted by atomic mass is 15.1. The van der Waals surface area contributed by atoms with E-state index in [1.54, 1.807) is 0 Å². The van der Waals surface area contributed by atoms with Gasteiger partial charge in [0.2, 0.25) is 0 Å². The molecule has 1 aliphatic rings. The molecule has 0 aliphatic heterocycles. The van der Waals surface area contributed by atoms with Crippen LogP contribution in [0.3, 0.4) is 0 Å². The minimum absolute atomic E-state index is 0.337. The van der Waals surface area contributed by atoms with E-state index in [0.717, 1.165) is 11.9 Å². The van der Waals surface area contributed by atoms with Gasteiger partial charge < -0.3 is 5.73 Å². The Morgan fingerprint density at radius 1 is 1.38 bits per heavy atom. The second kappa shape index (κ2) is 2.33. The maximum absolute atomic E-state index is 5.80. The summed E-state index contributed by atoms with van der Waals surface area (Å²) in [6.45, 7) is 0. The zero-order chi connectivity index (χ0) is 8.84. The Morgan fingerprint density at radius 3 is 2.92 bits per heavy atom. The van der Waals surface area contributed by atoms with E-state index >= 15 is 0 Å². The third-order valence-electron chi connectivity index (χ3n) is 2.70. The van der Waals surface area contributed by atoms with Gasteiger partial charge in [0.15, 0.2) is 0 Å². The largest absolute Gasteiger partial charge is 0.327 e. The van der Waals surface area contributed by atoms with Crippen molar-refractivity contribution in [2.45, 2.75) is 18.4 Å². The average Bonchev–Trinajstić information content (AvgIpc) is 2.74. The lowest BCUT2D eigenvalue weighted by Crippen LogP contribution is -2.01. The molecule has 2 aromatic rings. The van der Waals surface area contributed by atoms with Crippen LogP contribution in [0.1, 0.15) is 18.0 Å². The molecule has 3 rings (SSSR count). The number of aromatic amines is 1. The van der Waals surface area contributed by atoms with E-state index in [9.17, 15) is 0 Å². The Balaban J connectivity index is 2.19. The van der Waals surface area contributed by atoms with Crippen molar-refractivity contribution in [2.24, 2.45) is 5.73 Å². The van der Waals surface area contributed by atoms with Crippen molar-refractivity contribution in [3.05, 3.63) is 30.0 Å². The Hall–Kier alpha value is -1.35. The summed E-state index contributed by atoms with van der Waals surface area (Å²) in [5.41, 5.74) is 8.05. The number of hydrogen-bond acceptors (Lipinski definition) is 2. The smallest absolute Gasteiger partial charge is 0.0923 e. The molecule has 3 heteroatoms. The van der Waals surface area contributed by atoms with Crippen LogP contribution in [0.25, 0.3) is 10.9 Å². The minimum atomic E-state index is 0.337. The zero-order valence-electron chi connectivity index (χ0n) is 7.20. The molecule has 0 unspecified atom stereocenters. The van der Waals surface area contributed by atoms with Gasteiger partial charge in [-0.15, -0.1) is 0 Å². The highest BCUT2D eigenvalue weighted by Gasteiger charge is 2.37. The van der Waals surface area contributed by atoms with Crippen LogP contribution in [-0.4, -0.2) is 16.2 Å². The van der Waals surface area contributed by atoms with Gasteiger partial charge >= 0.3 is 0 Å². The zero-order valence-corrected chi connectivity index (χ0v) is 7.20. The fourth-order valence-corrected chi connectivity index (χ4v) is 1.81. The van der Waals surface area contributed by atoms with Crippen molar-refractivity contribution in [1.29, 1.82) is 0 Å². The van der Waals surface area contributed by atoms with Crippen molar-refractivity contribution in [3.63, 3.8) is 0 Å². The van der Waals surface area contributed by atoms with Crippen molar-refractivity contribution >= 4 is 10.9 Å². The van der Waals surface area contributed by atoms with Crippen LogP contribution < -0.4 is 5.73 Å². The summed E-state index contributed by atoms with van der Waals surface area (Å²) in [5, 5.41) is 8.53. The molecule has 0 bridgehead atoms. The van der Waals surface area contributed by atoms with Gasteiger partial charge in [-0.25, -0.2) is 0 Å². The fraction of sp³-hybridized carbons (Fsp3) is 0.300. The quantitative estimate of drug-likeness (QED) is 0.684. The van der Waals surface area contributed by atoms with Crippen LogP contribution in [0.2, 0.25) is 0 Å². The molecule has 0 spiro atoms. The van der Waals surface area contributed by atoms with E-state index in [-0.39, 0.29) is 0 Å². The summed E-state index contributed by atoms with van der Waals surface area (Å²) in [4.78, 5) is 0. The van der Waals surface area contributed by atoms with E-state index in [1.807, 2.05) is 18.2 Å². The molecule has 1 aliphatic carbocycles. The number of fused-ring (bicyclic) bond motifs is 1. The summed E-state index contributed by atoms with van der Waals surface area (Å²) in [5.74, 6) is 0.507. The van der Waals surface area contributed by atoms with Gasteiger partial charge in [-0.3, -0.25) is 5.10 Å². The van der Waals surface area contributed by atoms with E-state index < -0.39 is 0 Å². The van der Waals surface area contributed by atoms with Gasteiger partial charge in [-0.05, 0) is 12.5 Å². The maximum Gasteiger partial charge on any atom is 0.0923 e. The Bertz CT molecular complexity index is 446. The molecule has 0 amide bonds. The molecule has 13 heavy (non-hydrogen) atoms. The molecule has 1 saturated carbocycles. The highest BCUT2D eigenvalue weighted by molar-refractivity contribution is 5.82. The monoisotopic (exact) mass is 173 g/mol. The molecule has 1 aromatic carbocycles. The van der Waals surface area contributed by atoms with E-state index in [1.165, 1.54) is 11.1 Å². The predicted octanol–water partition coefficient (Wildman–Crippen LogP) is 1.38. The second-order valence-electron chi connectivity index (χ2n) is 3.66. The Labute approximate surface area is 75.9 Å². The fourth-order valence-electron chi connectivity index (χ4n) is 1.81. The summed E-state index contributed by atoms with van der Waals surface area (Å²) in [6.07, 6.45) is 1.09. The minimum Gasteiger partial charge on any atom is -0.327 e. The first-order valence-corrected chi connectivity index (χ1v) is 4.55. The van der Waals surface area contributed by atoms with Crippen molar-refractivity contribution in [2.75, 3.05) is 0 Å². The molecule has 1 heterocycles. The summed E-state index contributed by atoms with van der Waals surface area (Å²) in [7, 11) is 0. The number of aromatic nitrogens is 2. The van der Waals surface area contributed by atoms with Gasteiger partial charge in [-0.2, -0.15) is 5.10 Å². The summed E-state index contributed by atoms with van der Waals surface area (Å²) >= 11 is 0. The predicted molar refractivity (Wildman–Crippen MR) is 51.4 cm³/mol. The molecule has 1 fully saturated rings. The molecule has 2 atom stereocenters. The molecule has 3 nitrogen and oxygen atoms in total. The Morgan fingerprint density at radius 2 is 2.15 bits per heavy atom. The average molecular weight is 173 g/mol. The number of H-pyrrole nitrogens is 1. The third-order valence-corrected chi connectivity index (χ3v) is 2.70. The van der Waals surface area contributed by atoms with Crippen molar-refractivity contribution < 1.29 is 0 Å². The van der Waals surface area contributed by atoms with Crippen LogP contribution >= 0.6 is 0 Å². The molecule has 1 aromatic heterocycles. The van der Waals surface area contributed by atoms with Gasteiger partial charge in [0.1, 0.15) is 0 Å². The van der Waals surface area contributed by atoms with Gasteiger partial charge in [-0.1, -0.05) is 18.2 Å². The van der Waals surface area contributed by atoms with E-state index in [0.29, 0.717) is 12.0 Å². The second-order valence-corrected chi connectivity index (χ2v) is 3.66. The lowest BCUT2D eigenvalue weighted by Gasteiger charge is -1.92. The number of hydrogen-bond donors (Lipinski definition) is 2. The van der Waals surface area contributed by atoms with Crippen LogP contribution in [0.5, 0.6) is 0 Å². The first kappa shape index (κ1) is 7.09. The number of nitrogens with one attached hydrogen (secondary N) is 1. The number of nitrogens with zero attached hydrogens (tertiary/aromatic N) is 1. The van der Waals surface area contributed by atoms with Gasteiger partial charge in [0.05, 0.1) is 5.52 Å². The van der Waals surface area contributed by atoms with E-state index in [4.69, 9.17) is 5.73 Å². The molecule has 0 radical (unpaired) electrons. The van der Waals surface area contributed by atoms with Crippen LogP contribution in [0.4, 0.5) is 0 Å². The highest BCUT2D eigenvalue weighted by Crippen LogP contribution is 2.40. The van der Waals surface area contributed by atoms with Gasteiger partial charge in [0, 0.05) is 23.0 Å². The molecule has 0 saturated heterocycles. The third kappa shape index (κ3) is 0.971. The topological polar surface area (TPSA) is 54.7 Å². The summed E-state index contributed by atoms with van der Waals surface area (Å²) < 4.78 is 0. The standard InChI is InChI=1S/C10H11N3/c11-8-5-7(8)10-6-3-1-2-4-9(6)12-13-10/h1-4,7-8H,5,11H2,(H,12,13)/t7-,8-/m1/s1. The number of rotatable bonds is 1. The summed E-state index contributed by atoms with van der Waals surface area (Å²) in [6, 6.07) is 8.49.